The summed E-state index contributed by atoms with van der Waals surface area (Å²) in [7, 11) is 0. The Morgan fingerprint density at radius 1 is 1.19 bits per heavy atom. The van der Waals surface area contributed by atoms with Crippen molar-refractivity contribution in [2.75, 3.05) is 19.6 Å². The van der Waals surface area contributed by atoms with Gasteiger partial charge in [-0.15, -0.1) is 0 Å². The third kappa shape index (κ3) is 3.80. The lowest BCUT2D eigenvalue weighted by Gasteiger charge is -2.28. The molecule has 1 fully saturated rings. The summed E-state index contributed by atoms with van der Waals surface area (Å²) in [4.78, 5) is 6.80. The fourth-order valence-electron chi connectivity index (χ4n) is 3.10. The Bertz CT molecular complexity index is 581. The standard InChI is InChI=1S/C18H25N3/c1-15-12-19-8-3-2-4-10-21(15)14-16-5-6-18-13-20-9-7-17(18)11-16/h5-7,9,11,13,15,19H,2-4,8,10,12,14H2,1H3/t15-/m1/s1. The van der Waals surface area contributed by atoms with E-state index in [4.69, 9.17) is 0 Å². The molecule has 1 aliphatic rings. The molecule has 1 aromatic carbocycles. The molecule has 0 unspecified atom stereocenters. The number of hydrogen-bond donors (Lipinski definition) is 1. The van der Waals surface area contributed by atoms with E-state index in [1.54, 1.807) is 0 Å². The van der Waals surface area contributed by atoms with Gasteiger partial charge in [-0.05, 0) is 55.9 Å². The van der Waals surface area contributed by atoms with Gasteiger partial charge in [0.05, 0.1) is 0 Å². The second kappa shape index (κ2) is 7.01. The summed E-state index contributed by atoms with van der Waals surface area (Å²) in [5, 5.41) is 6.08. The number of benzene rings is 1. The predicted molar refractivity (Wildman–Crippen MR) is 88.3 cm³/mol. The van der Waals surface area contributed by atoms with E-state index in [1.807, 2.05) is 12.4 Å². The van der Waals surface area contributed by atoms with Crippen LogP contribution in [-0.4, -0.2) is 35.6 Å². The minimum Gasteiger partial charge on any atom is -0.315 e. The first-order valence-corrected chi connectivity index (χ1v) is 8.10. The molecule has 1 atom stereocenters. The van der Waals surface area contributed by atoms with Crippen LogP contribution in [0.5, 0.6) is 0 Å². The van der Waals surface area contributed by atoms with Gasteiger partial charge in [0.1, 0.15) is 0 Å². The van der Waals surface area contributed by atoms with Crippen molar-refractivity contribution in [2.24, 2.45) is 0 Å². The predicted octanol–water partition coefficient (Wildman–Crippen LogP) is 3.20. The highest BCUT2D eigenvalue weighted by atomic mass is 15.2. The lowest BCUT2D eigenvalue weighted by Crippen LogP contribution is -2.39. The van der Waals surface area contributed by atoms with E-state index in [0.717, 1.165) is 13.1 Å². The Hall–Kier alpha value is -1.45. The molecule has 21 heavy (non-hydrogen) atoms. The second-order valence-electron chi connectivity index (χ2n) is 6.14. The number of rotatable bonds is 2. The van der Waals surface area contributed by atoms with Gasteiger partial charge in [0.25, 0.3) is 0 Å². The van der Waals surface area contributed by atoms with E-state index < -0.39 is 0 Å². The molecule has 0 bridgehead atoms. The highest BCUT2D eigenvalue weighted by Crippen LogP contribution is 2.17. The molecule has 2 heterocycles. The van der Waals surface area contributed by atoms with Gasteiger partial charge >= 0.3 is 0 Å². The number of nitrogens with one attached hydrogen (secondary N) is 1. The Kier molecular flexibility index (Phi) is 4.84. The number of hydrogen-bond acceptors (Lipinski definition) is 3. The van der Waals surface area contributed by atoms with Gasteiger partial charge < -0.3 is 5.32 Å². The van der Waals surface area contributed by atoms with E-state index in [-0.39, 0.29) is 0 Å². The van der Waals surface area contributed by atoms with Gasteiger partial charge in [0.15, 0.2) is 0 Å². The Labute approximate surface area is 127 Å². The lowest BCUT2D eigenvalue weighted by atomic mass is 10.1. The van der Waals surface area contributed by atoms with Crippen molar-refractivity contribution in [3.8, 4) is 0 Å². The molecule has 0 radical (unpaired) electrons. The van der Waals surface area contributed by atoms with E-state index in [0.29, 0.717) is 6.04 Å². The van der Waals surface area contributed by atoms with E-state index in [1.165, 1.54) is 48.7 Å². The summed E-state index contributed by atoms with van der Waals surface area (Å²) in [5.74, 6) is 0. The maximum Gasteiger partial charge on any atom is 0.0346 e. The summed E-state index contributed by atoms with van der Waals surface area (Å²) in [6.45, 7) is 6.85. The molecule has 1 N–H and O–H groups in total. The number of pyridine rings is 1. The molecular formula is C18H25N3. The fraction of sp³-hybridized carbons (Fsp3) is 0.500. The third-order valence-electron chi connectivity index (χ3n) is 4.45. The SMILES string of the molecule is C[C@@H]1CNCCCCCN1Cc1ccc2cnccc2c1. The van der Waals surface area contributed by atoms with Gasteiger partial charge in [-0.1, -0.05) is 18.6 Å². The normalized spacial score (nSPS) is 21.7. The highest BCUT2D eigenvalue weighted by molar-refractivity contribution is 5.81. The maximum absolute atomic E-state index is 4.18. The summed E-state index contributed by atoms with van der Waals surface area (Å²) in [6, 6.07) is 9.44. The smallest absolute Gasteiger partial charge is 0.0346 e. The largest absolute Gasteiger partial charge is 0.315 e. The quantitative estimate of drug-likeness (QED) is 0.917. The minimum absolute atomic E-state index is 0.594. The summed E-state index contributed by atoms with van der Waals surface area (Å²) >= 11 is 0. The average Bonchev–Trinajstić information content (AvgIpc) is 2.61. The number of aromatic nitrogens is 1. The first-order valence-electron chi connectivity index (χ1n) is 8.10. The molecule has 1 aliphatic heterocycles. The van der Waals surface area contributed by atoms with Crippen molar-refractivity contribution in [3.05, 3.63) is 42.2 Å². The lowest BCUT2D eigenvalue weighted by molar-refractivity contribution is 0.198. The van der Waals surface area contributed by atoms with Crippen molar-refractivity contribution < 1.29 is 0 Å². The Morgan fingerprint density at radius 2 is 2.14 bits per heavy atom. The van der Waals surface area contributed by atoms with Crippen LogP contribution in [0.3, 0.4) is 0 Å². The van der Waals surface area contributed by atoms with Crippen molar-refractivity contribution in [3.63, 3.8) is 0 Å². The summed E-state index contributed by atoms with van der Waals surface area (Å²) in [5.41, 5.74) is 1.40. The third-order valence-corrected chi connectivity index (χ3v) is 4.45. The zero-order valence-electron chi connectivity index (χ0n) is 12.9. The molecule has 3 heteroatoms. The molecule has 1 saturated heterocycles. The first-order chi connectivity index (χ1) is 10.3. The second-order valence-corrected chi connectivity index (χ2v) is 6.14. The van der Waals surface area contributed by atoms with E-state index in [2.05, 4.69) is 46.4 Å². The Balaban J connectivity index is 1.75. The van der Waals surface area contributed by atoms with Crippen LogP contribution in [0.25, 0.3) is 10.8 Å². The van der Waals surface area contributed by atoms with Gasteiger partial charge in [-0.25, -0.2) is 0 Å². The van der Waals surface area contributed by atoms with Crippen LogP contribution >= 0.6 is 0 Å². The summed E-state index contributed by atoms with van der Waals surface area (Å²) < 4.78 is 0. The molecule has 0 spiro atoms. The molecule has 3 rings (SSSR count). The van der Waals surface area contributed by atoms with Crippen LogP contribution in [0.15, 0.2) is 36.7 Å². The molecule has 112 valence electrons. The first kappa shape index (κ1) is 14.5. The molecule has 0 saturated carbocycles. The zero-order valence-corrected chi connectivity index (χ0v) is 12.9. The van der Waals surface area contributed by atoms with Gasteiger partial charge in [-0.2, -0.15) is 0 Å². The van der Waals surface area contributed by atoms with Crippen LogP contribution in [0.1, 0.15) is 31.7 Å². The van der Waals surface area contributed by atoms with Crippen molar-refractivity contribution in [2.45, 2.75) is 38.8 Å². The Morgan fingerprint density at radius 3 is 3.10 bits per heavy atom. The van der Waals surface area contributed by atoms with Crippen LogP contribution in [0.2, 0.25) is 0 Å². The van der Waals surface area contributed by atoms with Gasteiger partial charge in [-0.3, -0.25) is 9.88 Å². The number of nitrogens with zero attached hydrogens (tertiary/aromatic N) is 2. The minimum atomic E-state index is 0.594. The van der Waals surface area contributed by atoms with Crippen molar-refractivity contribution in [1.29, 1.82) is 0 Å². The van der Waals surface area contributed by atoms with Crippen molar-refractivity contribution in [1.82, 2.24) is 15.2 Å². The highest BCUT2D eigenvalue weighted by Gasteiger charge is 2.15. The van der Waals surface area contributed by atoms with Crippen LogP contribution in [-0.2, 0) is 6.54 Å². The van der Waals surface area contributed by atoms with Gasteiger partial charge in [0, 0.05) is 36.9 Å². The molecule has 1 aromatic heterocycles. The molecule has 0 aliphatic carbocycles. The van der Waals surface area contributed by atoms with Crippen LogP contribution in [0.4, 0.5) is 0 Å². The number of fused-ring (bicyclic) bond motifs is 1. The van der Waals surface area contributed by atoms with Crippen molar-refractivity contribution >= 4 is 10.8 Å². The van der Waals surface area contributed by atoms with Gasteiger partial charge in [0.2, 0.25) is 0 Å². The van der Waals surface area contributed by atoms with Crippen LogP contribution in [0, 0.1) is 0 Å². The fourth-order valence-corrected chi connectivity index (χ4v) is 3.10. The van der Waals surface area contributed by atoms with E-state index in [9.17, 15) is 0 Å². The average molecular weight is 283 g/mol. The summed E-state index contributed by atoms with van der Waals surface area (Å²) in [6.07, 6.45) is 7.76. The molecule has 0 amide bonds. The van der Waals surface area contributed by atoms with E-state index >= 15 is 0 Å². The monoisotopic (exact) mass is 283 g/mol. The maximum atomic E-state index is 4.18. The zero-order chi connectivity index (χ0) is 14.5. The van der Waals surface area contributed by atoms with Crippen LogP contribution < -0.4 is 5.32 Å². The molecule has 3 nitrogen and oxygen atoms in total. The molecular weight excluding hydrogens is 258 g/mol. The topological polar surface area (TPSA) is 28.2 Å². The molecule has 2 aromatic rings.